The number of pyridine rings is 1. The molecule has 0 saturated carbocycles. The molecule has 0 radical (unpaired) electrons. The van der Waals surface area contributed by atoms with Crippen molar-refractivity contribution in [2.75, 3.05) is 31.1 Å². The van der Waals surface area contributed by atoms with Gasteiger partial charge in [0.2, 0.25) is 5.91 Å². The molecule has 1 aliphatic rings. The topological polar surface area (TPSA) is 36.4 Å². The predicted octanol–water partition coefficient (Wildman–Crippen LogP) is 2.64. The molecule has 110 valence electrons. The molecule has 1 aliphatic heterocycles. The molecule has 1 aromatic rings. The van der Waals surface area contributed by atoms with Gasteiger partial charge in [-0.25, -0.2) is 4.98 Å². The van der Waals surface area contributed by atoms with E-state index in [1.54, 1.807) is 6.92 Å². The van der Waals surface area contributed by atoms with Crippen molar-refractivity contribution in [1.29, 1.82) is 0 Å². The summed E-state index contributed by atoms with van der Waals surface area (Å²) < 4.78 is 0.205. The second-order valence-electron chi connectivity index (χ2n) is 6.06. The Labute approximate surface area is 125 Å². The number of carbonyl (C=O) groups is 1. The van der Waals surface area contributed by atoms with E-state index in [1.807, 2.05) is 22.9 Å². The van der Waals surface area contributed by atoms with Crippen LogP contribution in [0.25, 0.3) is 0 Å². The monoisotopic (exact) mass is 293 g/mol. The van der Waals surface area contributed by atoms with Gasteiger partial charge in [-0.05, 0) is 12.1 Å². The Hall–Kier alpha value is -1.23. The van der Waals surface area contributed by atoms with Crippen LogP contribution in [0.5, 0.6) is 0 Å². The van der Waals surface area contributed by atoms with E-state index in [9.17, 15) is 4.79 Å². The predicted molar refractivity (Wildman–Crippen MR) is 84.3 cm³/mol. The average Bonchev–Trinajstić information content (AvgIpc) is 2.38. The summed E-state index contributed by atoms with van der Waals surface area (Å²) >= 11 is 1.83. The first kappa shape index (κ1) is 15.2. The lowest BCUT2D eigenvalue weighted by atomic mass is 10.3. The average molecular weight is 293 g/mol. The minimum absolute atomic E-state index is 0.162. The highest BCUT2D eigenvalue weighted by molar-refractivity contribution is 8.00. The van der Waals surface area contributed by atoms with Crippen LogP contribution in [0.1, 0.15) is 27.7 Å². The largest absolute Gasteiger partial charge is 0.353 e. The van der Waals surface area contributed by atoms with Gasteiger partial charge in [0.25, 0.3) is 0 Å². The molecule has 1 saturated heterocycles. The van der Waals surface area contributed by atoms with Crippen molar-refractivity contribution < 1.29 is 4.79 Å². The van der Waals surface area contributed by atoms with E-state index in [0.29, 0.717) is 0 Å². The molecule has 0 N–H and O–H groups in total. The molecule has 20 heavy (non-hydrogen) atoms. The maximum atomic E-state index is 11.3. The van der Waals surface area contributed by atoms with Crippen LogP contribution in [0.2, 0.25) is 0 Å². The van der Waals surface area contributed by atoms with Gasteiger partial charge in [-0.1, -0.05) is 20.8 Å². The third-order valence-electron chi connectivity index (χ3n) is 3.19. The molecule has 1 aromatic heterocycles. The van der Waals surface area contributed by atoms with E-state index >= 15 is 0 Å². The van der Waals surface area contributed by atoms with Crippen molar-refractivity contribution in [1.82, 2.24) is 9.88 Å². The molecule has 1 fully saturated rings. The molecule has 2 rings (SSSR count). The molecule has 0 atom stereocenters. The van der Waals surface area contributed by atoms with E-state index in [1.165, 1.54) is 4.90 Å². The number of aromatic nitrogens is 1. The SMILES string of the molecule is CC(=O)N1CCN(c2ccc(SC(C)(C)C)cn2)CC1. The van der Waals surface area contributed by atoms with Crippen molar-refractivity contribution in [2.45, 2.75) is 37.3 Å². The third kappa shape index (κ3) is 4.13. The lowest BCUT2D eigenvalue weighted by Crippen LogP contribution is -2.48. The Morgan fingerprint density at radius 2 is 1.85 bits per heavy atom. The number of thioether (sulfide) groups is 1. The number of anilines is 1. The Bertz CT molecular complexity index is 459. The summed E-state index contributed by atoms with van der Waals surface area (Å²) in [6.45, 7) is 11.5. The molecular formula is C15H23N3OS. The second kappa shape index (κ2) is 6.04. The van der Waals surface area contributed by atoms with Crippen LogP contribution in [0.4, 0.5) is 5.82 Å². The quantitative estimate of drug-likeness (QED) is 0.786. The van der Waals surface area contributed by atoms with Gasteiger partial charge < -0.3 is 9.80 Å². The number of amides is 1. The van der Waals surface area contributed by atoms with Gasteiger partial charge in [0, 0.05) is 48.9 Å². The van der Waals surface area contributed by atoms with E-state index in [4.69, 9.17) is 0 Å². The molecule has 2 heterocycles. The highest BCUT2D eigenvalue weighted by atomic mass is 32.2. The van der Waals surface area contributed by atoms with Gasteiger partial charge in [0.05, 0.1) is 0 Å². The van der Waals surface area contributed by atoms with E-state index in [2.05, 4.69) is 42.8 Å². The van der Waals surface area contributed by atoms with Gasteiger partial charge in [-0.15, -0.1) is 11.8 Å². The van der Waals surface area contributed by atoms with Crippen molar-refractivity contribution >= 4 is 23.5 Å². The molecule has 0 spiro atoms. The van der Waals surface area contributed by atoms with Gasteiger partial charge in [-0.3, -0.25) is 4.79 Å². The molecule has 4 nitrogen and oxygen atoms in total. The summed E-state index contributed by atoms with van der Waals surface area (Å²) in [6.07, 6.45) is 1.95. The fourth-order valence-corrected chi connectivity index (χ4v) is 3.17. The second-order valence-corrected chi connectivity index (χ2v) is 7.96. The molecule has 0 aromatic carbocycles. The maximum absolute atomic E-state index is 11.3. The standard InChI is InChI=1S/C15H23N3OS/c1-12(19)17-7-9-18(10-8-17)14-6-5-13(11-16-14)20-15(2,3)4/h5-6,11H,7-10H2,1-4H3. The number of piperazine rings is 1. The molecule has 5 heteroatoms. The van der Waals surface area contributed by atoms with E-state index in [0.717, 1.165) is 32.0 Å². The number of carbonyl (C=O) groups excluding carboxylic acids is 1. The van der Waals surface area contributed by atoms with Crippen molar-refractivity contribution in [3.05, 3.63) is 18.3 Å². The fourth-order valence-electron chi connectivity index (χ4n) is 2.22. The third-order valence-corrected chi connectivity index (χ3v) is 4.28. The van der Waals surface area contributed by atoms with E-state index < -0.39 is 0 Å². The zero-order valence-electron chi connectivity index (χ0n) is 12.7. The van der Waals surface area contributed by atoms with Crippen LogP contribution in [0, 0.1) is 0 Å². The minimum atomic E-state index is 0.162. The first-order chi connectivity index (χ1) is 9.35. The molecule has 1 amide bonds. The number of rotatable bonds is 2. The maximum Gasteiger partial charge on any atom is 0.219 e. The first-order valence-corrected chi connectivity index (χ1v) is 7.82. The molecule has 0 unspecified atom stereocenters. The summed E-state index contributed by atoms with van der Waals surface area (Å²) in [5, 5.41) is 0. The molecule has 0 bridgehead atoms. The Morgan fingerprint density at radius 3 is 2.30 bits per heavy atom. The van der Waals surface area contributed by atoms with Crippen LogP contribution in [0.3, 0.4) is 0 Å². The zero-order chi connectivity index (χ0) is 14.8. The highest BCUT2D eigenvalue weighted by Gasteiger charge is 2.19. The zero-order valence-corrected chi connectivity index (χ0v) is 13.5. The number of nitrogens with zero attached hydrogens (tertiary/aromatic N) is 3. The van der Waals surface area contributed by atoms with Crippen LogP contribution < -0.4 is 4.90 Å². The summed E-state index contributed by atoms with van der Waals surface area (Å²) in [5.74, 6) is 1.17. The lowest BCUT2D eigenvalue weighted by molar-refractivity contribution is -0.129. The first-order valence-electron chi connectivity index (χ1n) is 7.01. The number of hydrogen-bond donors (Lipinski definition) is 0. The Kier molecular flexibility index (Phi) is 4.58. The summed E-state index contributed by atoms with van der Waals surface area (Å²) in [7, 11) is 0. The Morgan fingerprint density at radius 1 is 1.20 bits per heavy atom. The fraction of sp³-hybridized carbons (Fsp3) is 0.600. The van der Waals surface area contributed by atoms with Crippen LogP contribution in [-0.2, 0) is 4.79 Å². The number of hydrogen-bond acceptors (Lipinski definition) is 4. The van der Waals surface area contributed by atoms with Crippen LogP contribution in [-0.4, -0.2) is 46.7 Å². The summed E-state index contributed by atoms with van der Waals surface area (Å²) in [6, 6.07) is 4.22. The van der Waals surface area contributed by atoms with Gasteiger partial charge in [0.15, 0.2) is 0 Å². The summed E-state index contributed by atoms with van der Waals surface area (Å²) in [5.41, 5.74) is 0. The minimum Gasteiger partial charge on any atom is -0.353 e. The molecule has 0 aliphatic carbocycles. The summed E-state index contributed by atoms with van der Waals surface area (Å²) in [4.78, 5) is 21.2. The van der Waals surface area contributed by atoms with Crippen molar-refractivity contribution in [3.8, 4) is 0 Å². The van der Waals surface area contributed by atoms with Crippen LogP contribution in [0.15, 0.2) is 23.2 Å². The normalized spacial score (nSPS) is 16.4. The van der Waals surface area contributed by atoms with Crippen LogP contribution >= 0.6 is 11.8 Å². The molecular weight excluding hydrogens is 270 g/mol. The lowest BCUT2D eigenvalue weighted by Gasteiger charge is -2.35. The van der Waals surface area contributed by atoms with E-state index in [-0.39, 0.29) is 10.7 Å². The van der Waals surface area contributed by atoms with Gasteiger partial charge in [0.1, 0.15) is 5.82 Å². The van der Waals surface area contributed by atoms with Crippen molar-refractivity contribution in [3.63, 3.8) is 0 Å². The highest BCUT2D eigenvalue weighted by Crippen LogP contribution is 2.31. The van der Waals surface area contributed by atoms with Gasteiger partial charge >= 0.3 is 0 Å². The smallest absolute Gasteiger partial charge is 0.219 e. The van der Waals surface area contributed by atoms with Crippen molar-refractivity contribution in [2.24, 2.45) is 0 Å². The Balaban J connectivity index is 1.96. The van der Waals surface area contributed by atoms with Gasteiger partial charge in [-0.2, -0.15) is 0 Å².